The van der Waals surface area contributed by atoms with E-state index < -0.39 is 10.0 Å². The van der Waals surface area contributed by atoms with Crippen molar-refractivity contribution in [3.63, 3.8) is 0 Å². The summed E-state index contributed by atoms with van der Waals surface area (Å²) in [4.78, 5) is 15.2. The summed E-state index contributed by atoms with van der Waals surface area (Å²) in [5, 5.41) is 2.99. The van der Waals surface area contributed by atoms with Gasteiger partial charge in [-0.05, 0) is 55.6 Å². The highest BCUT2D eigenvalue weighted by Gasteiger charge is 2.19. The molecule has 1 aliphatic rings. The Kier molecular flexibility index (Phi) is 8.70. The normalized spacial score (nSPS) is 15.0. The summed E-state index contributed by atoms with van der Waals surface area (Å²) in [7, 11) is -1.20. The van der Waals surface area contributed by atoms with Gasteiger partial charge in [0.2, 0.25) is 10.0 Å². The van der Waals surface area contributed by atoms with Gasteiger partial charge in [0.1, 0.15) is 0 Å². The average Bonchev–Trinajstić information content (AvgIpc) is 2.78. The van der Waals surface area contributed by atoms with Crippen molar-refractivity contribution in [1.82, 2.24) is 10.2 Å². The number of rotatable bonds is 10. The number of carbonyl (C=O) groups is 1. The molecule has 0 bridgehead atoms. The molecule has 2 N–H and O–H groups in total. The molecule has 174 valence electrons. The van der Waals surface area contributed by atoms with Crippen LogP contribution >= 0.6 is 0 Å². The van der Waals surface area contributed by atoms with E-state index in [1.54, 1.807) is 24.3 Å². The Morgan fingerprint density at radius 3 is 2.47 bits per heavy atom. The highest BCUT2D eigenvalue weighted by atomic mass is 32.2. The van der Waals surface area contributed by atoms with Crippen molar-refractivity contribution in [3.05, 3.63) is 65.2 Å². The first-order valence-electron chi connectivity index (χ1n) is 11.5. The Bertz CT molecular complexity index is 1000. The lowest BCUT2D eigenvalue weighted by atomic mass is 9.94. The molecular formula is C25H35N3O3S. The molecule has 6 nitrogen and oxygen atoms in total. The third kappa shape index (κ3) is 7.07. The van der Waals surface area contributed by atoms with Gasteiger partial charge in [-0.3, -0.25) is 14.4 Å². The van der Waals surface area contributed by atoms with E-state index in [0.29, 0.717) is 30.3 Å². The molecule has 1 fully saturated rings. The van der Waals surface area contributed by atoms with Crippen LogP contribution in [0.15, 0.2) is 48.5 Å². The molecule has 2 aromatic rings. The Balaban J connectivity index is 1.62. The second kappa shape index (κ2) is 11.5. The van der Waals surface area contributed by atoms with E-state index in [2.05, 4.69) is 34.1 Å². The summed E-state index contributed by atoms with van der Waals surface area (Å²) >= 11 is 0. The quantitative estimate of drug-likeness (QED) is 0.549. The molecule has 0 radical (unpaired) electrons. The number of hydrogen-bond donors (Lipinski definition) is 2. The maximum atomic E-state index is 12.7. The minimum Gasteiger partial charge on any atom is -0.348 e. The van der Waals surface area contributed by atoms with Crippen molar-refractivity contribution in [2.45, 2.75) is 64.6 Å². The SMILES string of the molecule is CCCS(=O)(=O)Nc1cccc(C(=O)NCc2ccccc2CN(C)C2CCCCC2)c1. The van der Waals surface area contributed by atoms with Crippen LogP contribution in [0.5, 0.6) is 0 Å². The first kappa shape index (κ1) is 24.3. The summed E-state index contributed by atoms with van der Waals surface area (Å²) < 4.78 is 26.6. The van der Waals surface area contributed by atoms with Crippen molar-refractivity contribution in [2.75, 3.05) is 17.5 Å². The molecule has 0 unspecified atom stereocenters. The van der Waals surface area contributed by atoms with E-state index in [0.717, 1.165) is 12.1 Å². The van der Waals surface area contributed by atoms with Gasteiger partial charge >= 0.3 is 0 Å². The van der Waals surface area contributed by atoms with Gasteiger partial charge in [-0.2, -0.15) is 0 Å². The minimum absolute atomic E-state index is 0.0511. The summed E-state index contributed by atoms with van der Waals surface area (Å²) in [6.07, 6.45) is 7.00. The lowest BCUT2D eigenvalue weighted by Crippen LogP contribution is -2.33. The number of sulfonamides is 1. The van der Waals surface area contributed by atoms with E-state index in [1.165, 1.54) is 37.7 Å². The van der Waals surface area contributed by atoms with E-state index >= 15 is 0 Å². The Labute approximate surface area is 192 Å². The molecule has 0 saturated heterocycles. The van der Waals surface area contributed by atoms with Gasteiger partial charge < -0.3 is 5.32 Å². The Morgan fingerprint density at radius 2 is 1.75 bits per heavy atom. The molecule has 0 atom stereocenters. The number of benzene rings is 2. The van der Waals surface area contributed by atoms with Crippen LogP contribution in [0.25, 0.3) is 0 Å². The maximum absolute atomic E-state index is 12.7. The van der Waals surface area contributed by atoms with Crippen LogP contribution in [0, 0.1) is 0 Å². The highest BCUT2D eigenvalue weighted by Crippen LogP contribution is 2.23. The predicted molar refractivity (Wildman–Crippen MR) is 130 cm³/mol. The van der Waals surface area contributed by atoms with E-state index in [9.17, 15) is 13.2 Å². The first-order valence-corrected chi connectivity index (χ1v) is 13.2. The molecule has 0 aliphatic heterocycles. The van der Waals surface area contributed by atoms with Crippen molar-refractivity contribution in [2.24, 2.45) is 0 Å². The van der Waals surface area contributed by atoms with Gasteiger partial charge in [-0.15, -0.1) is 0 Å². The van der Waals surface area contributed by atoms with Crippen molar-refractivity contribution in [3.8, 4) is 0 Å². The molecule has 0 heterocycles. The fourth-order valence-corrected chi connectivity index (χ4v) is 5.43. The van der Waals surface area contributed by atoms with Crippen LogP contribution in [0.3, 0.4) is 0 Å². The maximum Gasteiger partial charge on any atom is 0.251 e. The lowest BCUT2D eigenvalue weighted by molar-refractivity contribution is 0.0950. The van der Waals surface area contributed by atoms with Gasteiger partial charge in [-0.1, -0.05) is 56.5 Å². The van der Waals surface area contributed by atoms with E-state index in [-0.39, 0.29) is 11.7 Å². The fourth-order valence-electron chi connectivity index (χ4n) is 4.30. The predicted octanol–water partition coefficient (Wildman–Crippen LogP) is 4.53. The molecule has 1 amide bonds. The van der Waals surface area contributed by atoms with Gasteiger partial charge in [0.05, 0.1) is 5.75 Å². The molecule has 0 spiro atoms. The summed E-state index contributed by atoms with van der Waals surface area (Å²) in [5.74, 6) is -0.174. The molecule has 1 saturated carbocycles. The zero-order valence-electron chi connectivity index (χ0n) is 19.1. The van der Waals surface area contributed by atoms with Crippen molar-refractivity contribution in [1.29, 1.82) is 0 Å². The van der Waals surface area contributed by atoms with Crippen LogP contribution in [0.1, 0.15) is 66.9 Å². The molecule has 3 rings (SSSR count). The molecule has 32 heavy (non-hydrogen) atoms. The number of carbonyl (C=O) groups excluding carboxylic acids is 1. The Hall–Kier alpha value is -2.38. The zero-order valence-corrected chi connectivity index (χ0v) is 20.0. The van der Waals surface area contributed by atoms with Crippen molar-refractivity contribution >= 4 is 21.6 Å². The second-order valence-corrected chi connectivity index (χ2v) is 10.5. The Morgan fingerprint density at radius 1 is 1.03 bits per heavy atom. The summed E-state index contributed by atoms with van der Waals surface area (Å²) in [5.41, 5.74) is 3.16. The third-order valence-electron chi connectivity index (χ3n) is 6.05. The minimum atomic E-state index is -3.40. The van der Waals surface area contributed by atoms with Gasteiger partial charge in [-0.25, -0.2) is 8.42 Å². The molecule has 1 aliphatic carbocycles. The lowest BCUT2D eigenvalue weighted by Gasteiger charge is -2.31. The summed E-state index contributed by atoms with van der Waals surface area (Å²) in [6.45, 7) is 3.11. The first-order chi connectivity index (χ1) is 15.4. The van der Waals surface area contributed by atoms with Crippen LogP contribution in [0.4, 0.5) is 5.69 Å². The van der Waals surface area contributed by atoms with E-state index in [1.807, 2.05) is 19.1 Å². The molecular weight excluding hydrogens is 422 g/mol. The number of hydrogen-bond acceptors (Lipinski definition) is 4. The zero-order chi connectivity index (χ0) is 23.0. The second-order valence-electron chi connectivity index (χ2n) is 8.66. The smallest absolute Gasteiger partial charge is 0.251 e. The average molecular weight is 458 g/mol. The number of anilines is 1. The van der Waals surface area contributed by atoms with E-state index in [4.69, 9.17) is 0 Å². The van der Waals surface area contributed by atoms with Crippen LogP contribution < -0.4 is 10.0 Å². The topological polar surface area (TPSA) is 78.5 Å². The number of nitrogens with zero attached hydrogens (tertiary/aromatic N) is 1. The van der Waals surface area contributed by atoms with Gasteiger partial charge in [0, 0.05) is 30.4 Å². The fraction of sp³-hybridized carbons (Fsp3) is 0.480. The monoisotopic (exact) mass is 457 g/mol. The molecule has 7 heteroatoms. The van der Waals surface area contributed by atoms with Crippen LogP contribution in [-0.4, -0.2) is 38.1 Å². The largest absolute Gasteiger partial charge is 0.348 e. The standard InChI is InChI=1S/C25H35N3O3S/c1-3-16-32(30,31)27-23-13-9-12-20(17-23)25(29)26-18-21-10-7-8-11-22(21)19-28(2)24-14-5-4-6-15-24/h7-13,17,24,27H,3-6,14-16,18-19H2,1-2H3,(H,26,29). The number of nitrogens with one attached hydrogen (secondary N) is 2. The molecule has 2 aromatic carbocycles. The summed E-state index contributed by atoms with van der Waals surface area (Å²) in [6, 6.07) is 15.5. The third-order valence-corrected chi connectivity index (χ3v) is 7.54. The number of amides is 1. The van der Waals surface area contributed by atoms with Crippen molar-refractivity contribution < 1.29 is 13.2 Å². The van der Waals surface area contributed by atoms with Crippen LogP contribution in [-0.2, 0) is 23.1 Å². The highest BCUT2D eigenvalue weighted by molar-refractivity contribution is 7.92. The van der Waals surface area contributed by atoms with Gasteiger partial charge in [0.15, 0.2) is 0 Å². The molecule has 0 aromatic heterocycles. The van der Waals surface area contributed by atoms with Crippen LogP contribution in [0.2, 0.25) is 0 Å². The van der Waals surface area contributed by atoms with Gasteiger partial charge in [0.25, 0.3) is 5.91 Å².